The van der Waals surface area contributed by atoms with Gasteiger partial charge >= 0.3 is 5.97 Å². The Kier molecular flexibility index (Phi) is 4.11. The van der Waals surface area contributed by atoms with Crippen molar-refractivity contribution >= 4 is 27.5 Å². The Balaban J connectivity index is 2.38. The maximum Gasteiger partial charge on any atom is 0.303 e. The highest BCUT2D eigenvalue weighted by atomic mass is 32.1. The molecule has 2 aromatic rings. The fourth-order valence-electron chi connectivity index (χ4n) is 2.02. The molecule has 1 heterocycles. The molecule has 1 atom stereocenters. The monoisotopic (exact) mass is 292 g/mol. The van der Waals surface area contributed by atoms with E-state index in [1.165, 1.54) is 0 Å². The van der Waals surface area contributed by atoms with Gasteiger partial charge in [0.05, 0.1) is 15.2 Å². The summed E-state index contributed by atoms with van der Waals surface area (Å²) < 4.78 is 1.11. The zero-order valence-electron chi connectivity index (χ0n) is 12.0. The van der Waals surface area contributed by atoms with Crippen LogP contribution in [0.5, 0.6) is 0 Å². The maximum absolute atomic E-state index is 10.7. The lowest BCUT2D eigenvalue weighted by atomic mass is 9.98. The second kappa shape index (κ2) is 5.50. The molecule has 0 bridgehead atoms. The molecule has 0 aliphatic heterocycles. The minimum atomic E-state index is -0.818. The summed E-state index contributed by atoms with van der Waals surface area (Å²) in [7, 11) is 0. The molecule has 108 valence electrons. The van der Waals surface area contributed by atoms with Gasteiger partial charge in [0.15, 0.2) is 0 Å². The van der Waals surface area contributed by atoms with Gasteiger partial charge in [-0.05, 0) is 18.1 Å². The lowest BCUT2D eigenvalue weighted by Gasteiger charge is -2.13. The molecule has 2 rings (SSSR count). The molecule has 3 N–H and O–H groups in total. The third-order valence-corrected chi connectivity index (χ3v) is 4.61. The number of nitrogens with two attached hydrogens (primary N) is 1. The Labute approximate surface area is 122 Å². The van der Waals surface area contributed by atoms with Gasteiger partial charge < -0.3 is 10.8 Å². The summed E-state index contributed by atoms with van der Waals surface area (Å²) in [4.78, 5) is 15.4. The van der Waals surface area contributed by atoms with Crippen molar-refractivity contribution in [1.29, 1.82) is 0 Å². The summed E-state index contributed by atoms with van der Waals surface area (Å²) in [6.07, 6.45) is 0.505. The Morgan fingerprint density at radius 2 is 2.15 bits per heavy atom. The van der Waals surface area contributed by atoms with Crippen molar-refractivity contribution in [3.63, 3.8) is 0 Å². The first kappa shape index (κ1) is 14.9. The number of hydrogen-bond donors (Lipinski definition) is 2. The van der Waals surface area contributed by atoms with Crippen LogP contribution in [0.3, 0.4) is 0 Å². The predicted octanol–water partition coefficient (Wildman–Crippen LogP) is 3.46. The fourth-order valence-corrected chi connectivity index (χ4v) is 3.08. The predicted molar refractivity (Wildman–Crippen MR) is 82.1 cm³/mol. The van der Waals surface area contributed by atoms with E-state index >= 15 is 0 Å². The minimum Gasteiger partial charge on any atom is -0.481 e. The normalized spacial score (nSPS) is 13.6. The highest BCUT2D eigenvalue weighted by Crippen LogP contribution is 2.34. The molecule has 1 unspecified atom stereocenters. The first-order valence-corrected chi connectivity index (χ1v) is 7.48. The van der Waals surface area contributed by atoms with Crippen LogP contribution >= 0.6 is 11.3 Å². The van der Waals surface area contributed by atoms with E-state index in [2.05, 4.69) is 20.8 Å². The van der Waals surface area contributed by atoms with Crippen molar-refractivity contribution in [3.05, 3.63) is 28.8 Å². The van der Waals surface area contributed by atoms with Gasteiger partial charge in [-0.1, -0.05) is 32.9 Å². The van der Waals surface area contributed by atoms with E-state index in [1.54, 1.807) is 11.3 Å². The van der Waals surface area contributed by atoms with Crippen molar-refractivity contribution in [2.75, 3.05) is 0 Å². The zero-order valence-corrected chi connectivity index (χ0v) is 12.8. The quantitative estimate of drug-likeness (QED) is 0.904. The molecule has 20 heavy (non-hydrogen) atoms. The molecule has 1 aromatic carbocycles. The fraction of sp³-hybridized carbons (Fsp3) is 0.467. The summed E-state index contributed by atoms with van der Waals surface area (Å²) >= 11 is 1.68. The summed E-state index contributed by atoms with van der Waals surface area (Å²) in [5.41, 5.74) is 7.99. The van der Waals surface area contributed by atoms with Gasteiger partial charge in [0.25, 0.3) is 0 Å². The van der Waals surface area contributed by atoms with Crippen LogP contribution in [0.2, 0.25) is 0 Å². The first-order chi connectivity index (χ1) is 9.29. The van der Waals surface area contributed by atoms with Crippen LogP contribution in [0.1, 0.15) is 50.2 Å². The van der Waals surface area contributed by atoms with Crippen LogP contribution in [0.15, 0.2) is 18.2 Å². The molecule has 0 radical (unpaired) electrons. The number of thiazole rings is 1. The van der Waals surface area contributed by atoms with Crippen molar-refractivity contribution in [2.24, 2.45) is 5.73 Å². The van der Waals surface area contributed by atoms with E-state index in [4.69, 9.17) is 15.8 Å². The van der Waals surface area contributed by atoms with E-state index in [-0.39, 0.29) is 17.9 Å². The number of aliphatic carboxylic acids is 1. The molecule has 4 nitrogen and oxygen atoms in total. The number of carboxylic acid groups (broad SMARTS) is 1. The zero-order chi connectivity index (χ0) is 14.9. The second-order valence-corrected chi connectivity index (χ2v) is 7.03. The summed E-state index contributed by atoms with van der Waals surface area (Å²) in [6.45, 7) is 6.40. The molecular weight excluding hydrogens is 272 g/mol. The number of aromatic nitrogens is 1. The topological polar surface area (TPSA) is 76.2 Å². The van der Waals surface area contributed by atoms with Crippen LogP contribution < -0.4 is 5.73 Å². The number of nitrogens with zero attached hydrogens (tertiary/aromatic N) is 1. The Hall–Kier alpha value is -1.46. The van der Waals surface area contributed by atoms with Gasteiger partial charge in [-0.25, -0.2) is 4.98 Å². The van der Waals surface area contributed by atoms with Crippen LogP contribution in [0.25, 0.3) is 10.2 Å². The largest absolute Gasteiger partial charge is 0.481 e. The highest BCUT2D eigenvalue weighted by Gasteiger charge is 2.21. The van der Waals surface area contributed by atoms with Gasteiger partial charge in [0.1, 0.15) is 0 Å². The number of para-hydroxylation sites is 1. The van der Waals surface area contributed by atoms with Gasteiger partial charge in [0, 0.05) is 17.9 Å². The van der Waals surface area contributed by atoms with Crippen LogP contribution in [-0.2, 0) is 10.2 Å². The van der Waals surface area contributed by atoms with Gasteiger partial charge in [-0.2, -0.15) is 0 Å². The smallest absolute Gasteiger partial charge is 0.303 e. The number of fused-ring (bicyclic) bond motifs is 1. The number of carbonyl (C=O) groups is 1. The summed E-state index contributed by atoms with van der Waals surface area (Å²) in [5, 5.41) is 9.84. The van der Waals surface area contributed by atoms with Gasteiger partial charge in [-0.3, -0.25) is 4.79 Å². The van der Waals surface area contributed by atoms with Gasteiger partial charge in [-0.15, -0.1) is 11.3 Å². The van der Waals surface area contributed by atoms with E-state index in [1.807, 2.05) is 18.2 Å². The highest BCUT2D eigenvalue weighted by molar-refractivity contribution is 7.18. The van der Waals surface area contributed by atoms with Crippen molar-refractivity contribution in [2.45, 2.75) is 45.1 Å². The lowest BCUT2D eigenvalue weighted by molar-refractivity contribution is -0.137. The van der Waals surface area contributed by atoms with Crippen molar-refractivity contribution < 1.29 is 9.90 Å². The number of hydrogen-bond acceptors (Lipinski definition) is 4. The maximum atomic E-state index is 10.7. The van der Waals surface area contributed by atoms with Crippen LogP contribution in [-0.4, -0.2) is 16.1 Å². The van der Waals surface area contributed by atoms with Crippen LogP contribution in [0.4, 0.5) is 0 Å². The van der Waals surface area contributed by atoms with E-state index in [9.17, 15) is 4.79 Å². The molecule has 0 spiro atoms. The molecule has 0 amide bonds. The standard InChI is InChI=1S/C15H20N2O2S/c1-15(2,3)14-17-13-9(5-4-6-11(13)20-14)10(16)7-8-12(18)19/h4-6,10H,7-8,16H2,1-3H3,(H,18,19). The molecule has 0 saturated carbocycles. The third-order valence-electron chi connectivity index (χ3n) is 3.16. The molecule has 0 saturated heterocycles. The Morgan fingerprint density at radius 1 is 1.45 bits per heavy atom. The van der Waals surface area contributed by atoms with Crippen molar-refractivity contribution in [1.82, 2.24) is 4.98 Å². The third kappa shape index (κ3) is 3.16. The minimum absolute atomic E-state index is 0.00607. The lowest BCUT2D eigenvalue weighted by Crippen LogP contribution is -2.13. The molecule has 0 aliphatic carbocycles. The van der Waals surface area contributed by atoms with E-state index in [0.717, 1.165) is 20.8 Å². The average molecular weight is 292 g/mol. The molecule has 0 fully saturated rings. The number of rotatable bonds is 4. The number of carboxylic acids is 1. The van der Waals surface area contributed by atoms with Gasteiger partial charge in [0.2, 0.25) is 0 Å². The number of benzene rings is 1. The summed E-state index contributed by atoms with van der Waals surface area (Å²) in [6, 6.07) is 5.66. The Bertz CT molecular complexity index is 628. The molecule has 0 aliphatic rings. The summed E-state index contributed by atoms with van der Waals surface area (Å²) in [5.74, 6) is -0.818. The molecule has 1 aromatic heterocycles. The first-order valence-electron chi connectivity index (χ1n) is 6.66. The van der Waals surface area contributed by atoms with Crippen molar-refractivity contribution in [3.8, 4) is 0 Å². The van der Waals surface area contributed by atoms with Crippen LogP contribution in [0, 0.1) is 0 Å². The van der Waals surface area contributed by atoms with E-state index in [0.29, 0.717) is 6.42 Å². The molecule has 5 heteroatoms. The second-order valence-electron chi connectivity index (χ2n) is 6.00. The SMILES string of the molecule is CC(C)(C)c1nc2c(C(N)CCC(=O)O)cccc2s1. The Morgan fingerprint density at radius 3 is 2.75 bits per heavy atom. The molecular formula is C15H20N2O2S. The van der Waals surface area contributed by atoms with E-state index < -0.39 is 5.97 Å². The average Bonchev–Trinajstić information content (AvgIpc) is 2.79.